The molecule has 5 nitrogen and oxygen atoms in total. The number of nitrogens with zero attached hydrogens (tertiary/aromatic N) is 3. The Morgan fingerprint density at radius 2 is 1.71 bits per heavy atom. The van der Waals surface area contributed by atoms with E-state index in [0.717, 1.165) is 37.4 Å². The Bertz CT molecular complexity index is 960. The highest BCUT2D eigenvalue weighted by molar-refractivity contribution is 6.33. The summed E-state index contributed by atoms with van der Waals surface area (Å²) in [6.07, 6.45) is 1.89. The molecule has 0 saturated carbocycles. The molecule has 2 aromatic rings. The highest BCUT2D eigenvalue weighted by Crippen LogP contribution is 2.29. The SMILES string of the molecule is CC1=NN(c2ccc(C)c(Cl)c2)C(=O)C1=Cc1ccc(N2CCOCC2)cc1. The third-order valence-electron chi connectivity index (χ3n) is 5.04. The van der Waals surface area contributed by atoms with Crippen LogP contribution in [0.2, 0.25) is 5.02 Å². The van der Waals surface area contributed by atoms with Crippen LogP contribution in [-0.4, -0.2) is 37.9 Å². The lowest BCUT2D eigenvalue weighted by Crippen LogP contribution is -2.36. The first-order valence-electron chi connectivity index (χ1n) is 9.33. The predicted octanol–water partition coefficient (Wildman–Crippen LogP) is 4.29. The molecule has 1 amide bonds. The van der Waals surface area contributed by atoms with Crippen molar-refractivity contribution >= 4 is 40.7 Å². The zero-order chi connectivity index (χ0) is 19.7. The van der Waals surface area contributed by atoms with Crippen molar-refractivity contribution in [1.29, 1.82) is 0 Å². The Balaban J connectivity index is 1.55. The maximum absolute atomic E-state index is 12.9. The van der Waals surface area contributed by atoms with Gasteiger partial charge in [-0.05, 0) is 55.3 Å². The lowest BCUT2D eigenvalue weighted by Gasteiger charge is -2.28. The molecule has 0 atom stereocenters. The zero-order valence-corrected chi connectivity index (χ0v) is 16.7. The van der Waals surface area contributed by atoms with Crippen molar-refractivity contribution in [3.63, 3.8) is 0 Å². The first kappa shape index (κ1) is 18.7. The third kappa shape index (κ3) is 3.68. The molecule has 0 spiro atoms. The molecule has 2 aliphatic heterocycles. The Kier molecular flexibility index (Phi) is 5.20. The predicted molar refractivity (Wildman–Crippen MR) is 114 cm³/mol. The average Bonchev–Trinajstić information content (AvgIpc) is 2.99. The lowest BCUT2D eigenvalue weighted by atomic mass is 10.1. The number of hydrogen-bond acceptors (Lipinski definition) is 4. The molecule has 1 saturated heterocycles. The van der Waals surface area contributed by atoms with E-state index in [1.807, 2.05) is 44.2 Å². The van der Waals surface area contributed by atoms with Crippen LogP contribution >= 0.6 is 11.6 Å². The second kappa shape index (κ2) is 7.78. The van der Waals surface area contributed by atoms with E-state index in [-0.39, 0.29) is 5.91 Å². The largest absolute Gasteiger partial charge is 0.378 e. The zero-order valence-electron chi connectivity index (χ0n) is 16.0. The Morgan fingerprint density at radius 1 is 1.04 bits per heavy atom. The van der Waals surface area contributed by atoms with Gasteiger partial charge >= 0.3 is 0 Å². The average molecular weight is 396 g/mol. The van der Waals surface area contributed by atoms with Crippen LogP contribution in [0, 0.1) is 6.92 Å². The summed E-state index contributed by atoms with van der Waals surface area (Å²) < 4.78 is 5.40. The van der Waals surface area contributed by atoms with E-state index < -0.39 is 0 Å². The number of benzene rings is 2. The monoisotopic (exact) mass is 395 g/mol. The first-order valence-corrected chi connectivity index (χ1v) is 9.71. The number of anilines is 2. The lowest BCUT2D eigenvalue weighted by molar-refractivity contribution is -0.114. The molecule has 2 aliphatic rings. The number of hydrazone groups is 1. The maximum Gasteiger partial charge on any atom is 0.280 e. The van der Waals surface area contributed by atoms with Gasteiger partial charge in [0.25, 0.3) is 5.91 Å². The maximum atomic E-state index is 12.9. The van der Waals surface area contributed by atoms with Crippen LogP contribution in [0.4, 0.5) is 11.4 Å². The first-order chi connectivity index (χ1) is 13.5. The van der Waals surface area contributed by atoms with E-state index in [1.165, 1.54) is 10.7 Å². The standard InChI is InChI=1S/C22H22ClN3O2/c1-15-3-6-19(14-21(15)23)26-22(27)20(16(2)24-26)13-17-4-7-18(8-5-17)25-9-11-28-12-10-25/h3-8,13-14H,9-12H2,1-2H3. The van der Waals surface area contributed by atoms with Crippen molar-refractivity contribution < 1.29 is 9.53 Å². The number of ether oxygens (including phenoxy) is 1. The van der Waals surface area contributed by atoms with Gasteiger partial charge in [-0.1, -0.05) is 29.8 Å². The molecule has 0 bridgehead atoms. The van der Waals surface area contributed by atoms with Gasteiger partial charge in [-0.15, -0.1) is 0 Å². The summed E-state index contributed by atoms with van der Waals surface area (Å²) in [5, 5.41) is 6.46. The number of aryl methyl sites for hydroxylation is 1. The molecular formula is C22H22ClN3O2. The molecule has 0 aliphatic carbocycles. The topological polar surface area (TPSA) is 45.1 Å². The van der Waals surface area contributed by atoms with Crippen molar-refractivity contribution in [2.75, 3.05) is 36.2 Å². The second-order valence-electron chi connectivity index (χ2n) is 6.98. The number of morpholine rings is 1. The van der Waals surface area contributed by atoms with Crippen LogP contribution in [0.5, 0.6) is 0 Å². The van der Waals surface area contributed by atoms with Gasteiger partial charge in [0, 0.05) is 23.8 Å². The summed E-state index contributed by atoms with van der Waals surface area (Å²) in [6.45, 7) is 7.10. The second-order valence-corrected chi connectivity index (χ2v) is 7.39. The van der Waals surface area contributed by atoms with Crippen molar-refractivity contribution in [3.8, 4) is 0 Å². The molecule has 28 heavy (non-hydrogen) atoms. The number of rotatable bonds is 3. The fourth-order valence-electron chi connectivity index (χ4n) is 3.34. The fraction of sp³-hybridized carbons (Fsp3) is 0.273. The molecule has 144 valence electrons. The van der Waals surface area contributed by atoms with E-state index in [4.69, 9.17) is 16.3 Å². The molecule has 6 heteroatoms. The van der Waals surface area contributed by atoms with Crippen molar-refractivity contribution in [2.24, 2.45) is 5.10 Å². The molecule has 0 unspecified atom stereocenters. The molecule has 1 fully saturated rings. The van der Waals surface area contributed by atoms with Crippen LogP contribution < -0.4 is 9.91 Å². The van der Waals surface area contributed by atoms with E-state index in [1.54, 1.807) is 6.07 Å². The minimum absolute atomic E-state index is 0.144. The quantitative estimate of drug-likeness (QED) is 0.728. The minimum Gasteiger partial charge on any atom is -0.378 e. The minimum atomic E-state index is -0.144. The third-order valence-corrected chi connectivity index (χ3v) is 5.45. The molecular weight excluding hydrogens is 374 g/mol. The number of amides is 1. The summed E-state index contributed by atoms with van der Waals surface area (Å²) in [4.78, 5) is 15.2. The van der Waals surface area contributed by atoms with Crippen LogP contribution in [0.25, 0.3) is 6.08 Å². The number of hydrogen-bond donors (Lipinski definition) is 0. The Morgan fingerprint density at radius 3 is 2.39 bits per heavy atom. The van der Waals surface area contributed by atoms with Gasteiger partial charge in [0.2, 0.25) is 0 Å². The molecule has 2 aromatic carbocycles. The summed E-state index contributed by atoms with van der Waals surface area (Å²) in [5.74, 6) is -0.144. The van der Waals surface area contributed by atoms with E-state index in [0.29, 0.717) is 22.0 Å². The van der Waals surface area contributed by atoms with Gasteiger partial charge < -0.3 is 9.64 Å². The highest BCUT2D eigenvalue weighted by Gasteiger charge is 2.29. The molecule has 0 radical (unpaired) electrons. The summed E-state index contributed by atoms with van der Waals surface area (Å²) >= 11 is 6.21. The molecule has 4 rings (SSSR count). The number of halogens is 1. The van der Waals surface area contributed by atoms with Gasteiger partial charge in [-0.3, -0.25) is 4.79 Å². The van der Waals surface area contributed by atoms with Gasteiger partial charge in [-0.25, -0.2) is 0 Å². The fourth-order valence-corrected chi connectivity index (χ4v) is 3.52. The van der Waals surface area contributed by atoms with E-state index in [9.17, 15) is 4.79 Å². The van der Waals surface area contributed by atoms with E-state index >= 15 is 0 Å². The van der Waals surface area contributed by atoms with Crippen LogP contribution in [0.3, 0.4) is 0 Å². The van der Waals surface area contributed by atoms with Gasteiger partial charge in [0.1, 0.15) is 0 Å². The number of carbonyl (C=O) groups is 1. The van der Waals surface area contributed by atoms with Crippen molar-refractivity contribution in [2.45, 2.75) is 13.8 Å². The molecule has 2 heterocycles. The summed E-state index contributed by atoms with van der Waals surface area (Å²) in [5.41, 5.74) is 5.07. The molecule has 0 aromatic heterocycles. The van der Waals surface area contributed by atoms with Gasteiger partial charge in [0.05, 0.1) is 30.2 Å². The summed E-state index contributed by atoms with van der Waals surface area (Å²) in [6, 6.07) is 13.7. The smallest absolute Gasteiger partial charge is 0.280 e. The van der Waals surface area contributed by atoms with Crippen LogP contribution in [-0.2, 0) is 9.53 Å². The van der Waals surface area contributed by atoms with Crippen LogP contribution in [0.15, 0.2) is 53.1 Å². The van der Waals surface area contributed by atoms with Crippen molar-refractivity contribution in [3.05, 3.63) is 64.2 Å². The summed E-state index contributed by atoms with van der Waals surface area (Å²) in [7, 11) is 0. The van der Waals surface area contributed by atoms with Gasteiger partial charge in [-0.2, -0.15) is 10.1 Å². The van der Waals surface area contributed by atoms with Crippen molar-refractivity contribution in [1.82, 2.24) is 0 Å². The normalized spacial score (nSPS) is 18.8. The van der Waals surface area contributed by atoms with Gasteiger partial charge in [0.15, 0.2) is 0 Å². The Hall–Kier alpha value is -2.63. The Labute approximate surface area is 169 Å². The molecule has 0 N–H and O–H groups in total. The van der Waals surface area contributed by atoms with Crippen LogP contribution in [0.1, 0.15) is 18.1 Å². The van der Waals surface area contributed by atoms with E-state index in [2.05, 4.69) is 22.1 Å². The highest BCUT2D eigenvalue weighted by atomic mass is 35.5. The number of carbonyl (C=O) groups excluding carboxylic acids is 1.